The Morgan fingerprint density at radius 3 is 2.80 bits per heavy atom. The van der Waals surface area contributed by atoms with Gasteiger partial charge in [0.05, 0.1) is 24.4 Å². The summed E-state index contributed by atoms with van der Waals surface area (Å²) in [5.74, 6) is 0.685. The Kier molecular flexibility index (Phi) is 6.79. The fourth-order valence-corrected chi connectivity index (χ4v) is 3.14. The number of rotatable bonds is 8. The van der Waals surface area contributed by atoms with Crippen molar-refractivity contribution >= 4 is 17.2 Å². The van der Waals surface area contributed by atoms with E-state index in [9.17, 15) is 4.79 Å². The van der Waals surface area contributed by atoms with E-state index in [1.54, 1.807) is 29.0 Å². The molecule has 1 aliphatic rings. The van der Waals surface area contributed by atoms with E-state index in [1.165, 1.54) is 0 Å². The first-order chi connectivity index (χ1) is 12.3. The lowest BCUT2D eigenvalue weighted by Crippen LogP contribution is -2.38. The maximum atomic E-state index is 12.2. The predicted molar refractivity (Wildman–Crippen MR) is 97.1 cm³/mol. The van der Waals surface area contributed by atoms with E-state index < -0.39 is 0 Å². The van der Waals surface area contributed by atoms with Crippen LogP contribution in [-0.4, -0.2) is 55.2 Å². The van der Waals surface area contributed by atoms with E-state index in [-0.39, 0.29) is 5.91 Å². The van der Waals surface area contributed by atoms with Crippen LogP contribution >= 0.6 is 11.3 Å². The number of nitrogens with one attached hydrogen (secondary N) is 1. The first kappa shape index (κ1) is 17.8. The van der Waals surface area contributed by atoms with Gasteiger partial charge in [-0.1, -0.05) is 0 Å². The molecule has 1 saturated heterocycles. The zero-order valence-electron chi connectivity index (χ0n) is 14.1. The largest absolute Gasteiger partial charge is 0.487 e. The Hall–Kier alpha value is -1.96. The topological polar surface area (TPSA) is 63.7 Å². The highest BCUT2D eigenvalue weighted by molar-refractivity contribution is 7.07. The van der Waals surface area contributed by atoms with Crippen molar-refractivity contribution in [3.8, 4) is 5.75 Å². The van der Waals surface area contributed by atoms with Gasteiger partial charge in [-0.3, -0.25) is 9.69 Å². The number of hydrogen-bond donors (Lipinski definition) is 1. The van der Waals surface area contributed by atoms with Gasteiger partial charge in [-0.25, -0.2) is 4.98 Å². The highest BCUT2D eigenvalue weighted by atomic mass is 32.1. The molecule has 0 unspecified atom stereocenters. The van der Waals surface area contributed by atoms with Gasteiger partial charge in [-0.15, -0.1) is 11.3 Å². The first-order valence-corrected chi connectivity index (χ1v) is 9.44. The second-order valence-electron chi connectivity index (χ2n) is 5.86. The molecule has 0 saturated carbocycles. The van der Waals surface area contributed by atoms with Gasteiger partial charge in [0.25, 0.3) is 5.91 Å². The minimum absolute atomic E-state index is 0.0481. The van der Waals surface area contributed by atoms with Gasteiger partial charge < -0.3 is 14.8 Å². The van der Waals surface area contributed by atoms with E-state index in [1.807, 2.05) is 17.5 Å². The third-order valence-corrected chi connectivity index (χ3v) is 4.66. The molecule has 1 aromatic carbocycles. The number of benzene rings is 1. The third-order valence-electron chi connectivity index (χ3n) is 4.03. The van der Waals surface area contributed by atoms with Crippen LogP contribution in [0.4, 0.5) is 0 Å². The van der Waals surface area contributed by atoms with Crippen molar-refractivity contribution in [3.63, 3.8) is 0 Å². The van der Waals surface area contributed by atoms with Crippen molar-refractivity contribution in [2.45, 2.75) is 13.0 Å². The molecule has 1 N–H and O–H groups in total. The van der Waals surface area contributed by atoms with Crippen LogP contribution in [0.25, 0.3) is 0 Å². The highest BCUT2D eigenvalue weighted by Crippen LogP contribution is 2.14. The number of carbonyl (C=O) groups is 1. The molecule has 0 radical (unpaired) electrons. The zero-order chi connectivity index (χ0) is 17.3. The maximum Gasteiger partial charge on any atom is 0.251 e. The minimum atomic E-state index is -0.0481. The molecule has 134 valence electrons. The number of aromatic nitrogens is 1. The van der Waals surface area contributed by atoms with Crippen LogP contribution in [0.3, 0.4) is 0 Å². The summed E-state index contributed by atoms with van der Waals surface area (Å²) in [4.78, 5) is 18.7. The number of morpholine rings is 1. The Morgan fingerprint density at radius 2 is 2.08 bits per heavy atom. The minimum Gasteiger partial charge on any atom is -0.487 e. The molecule has 1 fully saturated rings. The van der Waals surface area contributed by atoms with Gasteiger partial charge in [0.1, 0.15) is 12.4 Å². The van der Waals surface area contributed by atoms with Crippen LogP contribution in [0.15, 0.2) is 35.2 Å². The van der Waals surface area contributed by atoms with Gasteiger partial charge in [-0.2, -0.15) is 0 Å². The van der Waals surface area contributed by atoms with Gasteiger partial charge in [0.2, 0.25) is 0 Å². The smallest absolute Gasteiger partial charge is 0.251 e. The van der Waals surface area contributed by atoms with Crippen molar-refractivity contribution < 1.29 is 14.3 Å². The number of carbonyl (C=O) groups excluding carboxylic acids is 1. The lowest BCUT2D eigenvalue weighted by molar-refractivity contribution is 0.0374. The molecule has 1 aromatic heterocycles. The molecule has 2 aromatic rings. The summed E-state index contributed by atoms with van der Waals surface area (Å²) in [6.45, 7) is 5.70. The Balaban J connectivity index is 1.36. The standard InChI is InChI=1S/C18H23N3O3S/c22-18(19-6-1-7-21-8-10-23-11-9-21)15-2-4-17(5-3-15)24-12-16-13-25-14-20-16/h2-5,13-14H,1,6-12H2,(H,19,22). The Labute approximate surface area is 151 Å². The van der Waals surface area contributed by atoms with E-state index in [0.29, 0.717) is 18.7 Å². The second-order valence-corrected chi connectivity index (χ2v) is 6.57. The highest BCUT2D eigenvalue weighted by Gasteiger charge is 2.10. The monoisotopic (exact) mass is 361 g/mol. The predicted octanol–water partition coefficient (Wildman–Crippen LogP) is 2.17. The molecule has 0 bridgehead atoms. The molecule has 0 aliphatic carbocycles. The summed E-state index contributed by atoms with van der Waals surface area (Å²) < 4.78 is 11.0. The van der Waals surface area contributed by atoms with Crippen molar-refractivity contribution in [1.29, 1.82) is 0 Å². The van der Waals surface area contributed by atoms with Crippen molar-refractivity contribution in [2.75, 3.05) is 39.4 Å². The van der Waals surface area contributed by atoms with Gasteiger partial charge in [0.15, 0.2) is 0 Å². The van der Waals surface area contributed by atoms with Gasteiger partial charge in [0, 0.05) is 30.6 Å². The van der Waals surface area contributed by atoms with Crippen LogP contribution in [0.2, 0.25) is 0 Å². The van der Waals surface area contributed by atoms with Crippen LogP contribution in [0.1, 0.15) is 22.5 Å². The van der Waals surface area contributed by atoms with E-state index in [2.05, 4.69) is 15.2 Å². The van der Waals surface area contributed by atoms with Crippen LogP contribution in [0, 0.1) is 0 Å². The van der Waals surface area contributed by atoms with Crippen molar-refractivity contribution in [3.05, 3.63) is 46.4 Å². The molecular formula is C18H23N3O3S. The van der Waals surface area contributed by atoms with E-state index >= 15 is 0 Å². The van der Waals surface area contributed by atoms with Crippen molar-refractivity contribution in [1.82, 2.24) is 15.2 Å². The quantitative estimate of drug-likeness (QED) is 0.730. The zero-order valence-corrected chi connectivity index (χ0v) is 15.0. The van der Waals surface area contributed by atoms with E-state index in [0.717, 1.165) is 50.7 Å². The average Bonchev–Trinajstić information content (AvgIpc) is 3.18. The molecule has 1 aliphatic heterocycles. The lowest BCUT2D eigenvalue weighted by Gasteiger charge is -2.26. The molecule has 7 heteroatoms. The van der Waals surface area contributed by atoms with Crippen LogP contribution in [0.5, 0.6) is 5.75 Å². The second kappa shape index (κ2) is 9.50. The Morgan fingerprint density at radius 1 is 1.28 bits per heavy atom. The lowest BCUT2D eigenvalue weighted by atomic mass is 10.2. The van der Waals surface area contributed by atoms with Crippen molar-refractivity contribution in [2.24, 2.45) is 0 Å². The Bertz CT molecular complexity index is 640. The number of hydrogen-bond acceptors (Lipinski definition) is 6. The third kappa shape index (κ3) is 5.81. The molecule has 1 amide bonds. The van der Waals surface area contributed by atoms with Crippen LogP contribution in [-0.2, 0) is 11.3 Å². The summed E-state index contributed by atoms with van der Waals surface area (Å²) in [6, 6.07) is 7.20. The first-order valence-electron chi connectivity index (χ1n) is 8.49. The van der Waals surface area contributed by atoms with Crippen LogP contribution < -0.4 is 10.1 Å². The average molecular weight is 361 g/mol. The SMILES string of the molecule is O=C(NCCCN1CCOCC1)c1ccc(OCc2cscn2)cc1. The molecule has 25 heavy (non-hydrogen) atoms. The summed E-state index contributed by atoms with van der Waals surface area (Å²) in [6.07, 6.45) is 0.945. The van der Waals surface area contributed by atoms with Gasteiger partial charge in [-0.05, 0) is 37.2 Å². The fraction of sp³-hybridized carbons (Fsp3) is 0.444. The molecule has 6 nitrogen and oxygen atoms in total. The molecule has 3 rings (SSSR count). The maximum absolute atomic E-state index is 12.2. The number of thiazole rings is 1. The number of nitrogens with zero attached hydrogens (tertiary/aromatic N) is 2. The summed E-state index contributed by atoms with van der Waals surface area (Å²) in [7, 11) is 0. The summed E-state index contributed by atoms with van der Waals surface area (Å²) >= 11 is 1.55. The molecule has 0 atom stereocenters. The summed E-state index contributed by atoms with van der Waals surface area (Å²) in [5.41, 5.74) is 3.34. The van der Waals surface area contributed by atoms with Gasteiger partial charge >= 0.3 is 0 Å². The number of ether oxygens (including phenoxy) is 2. The number of amides is 1. The molecule has 0 spiro atoms. The summed E-state index contributed by atoms with van der Waals surface area (Å²) in [5, 5.41) is 4.92. The normalized spacial score (nSPS) is 15.0. The fourth-order valence-electron chi connectivity index (χ4n) is 2.60. The van der Waals surface area contributed by atoms with E-state index in [4.69, 9.17) is 9.47 Å². The molecule has 2 heterocycles. The molecular weight excluding hydrogens is 338 g/mol.